The molecule has 1 aliphatic rings. The van der Waals surface area contributed by atoms with Gasteiger partial charge in [0.25, 0.3) is 5.91 Å². The van der Waals surface area contributed by atoms with E-state index in [0.717, 1.165) is 43.6 Å². The minimum atomic E-state index is -0.174. The minimum Gasteiger partial charge on any atom is -0.350 e. The van der Waals surface area contributed by atoms with Crippen molar-refractivity contribution >= 4 is 17.6 Å². The van der Waals surface area contributed by atoms with Gasteiger partial charge in [-0.15, -0.1) is 0 Å². The van der Waals surface area contributed by atoms with E-state index in [1.165, 1.54) is 16.0 Å². The van der Waals surface area contributed by atoms with E-state index < -0.39 is 0 Å². The van der Waals surface area contributed by atoms with Crippen molar-refractivity contribution in [2.45, 2.75) is 45.6 Å². The molecule has 0 atom stereocenters. The smallest absolute Gasteiger partial charge is 0.271 e. The highest BCUT2D eigenvalue weighted by Gasteiger charge is 2.28. The third-order valence-corrected chi connectivity index (χ3v) is 5.99. The number of fused-ring (bicyclic) bond motifs is 1. The fraction of sp³-hybridized carbons (Fsp3) is 0.346. The number of rotatable bonds is 7. The number of amides is 2. The number of aromatic nitrogens is 2. The van der Waals surface area contributed by atoms with Gasteiger partial charge in [-0.05, 0) is 37.3 Å². The number of carbonyl (C=O) groups excluding carboxylic acids is 2. The summed E-state index contributed by atoms with van der Waals surface area (Å²) in [6.07, 6.45) is 3.91. The Balaban J connectivity index is 1.51. The molecule has 0 fully saturated rings. The molecule has 6 nitrogen and oxygen atoms in total. The third kappa shape index (κ3) is 4.90. The molecule has 1 N–H and O–H groups in total. The Hall–Kier alpha value is -3.41. The zero-order valence-corrected chi connectivity index (χ0v) is 18.8. The molecule has 0 bridgehead atoms. The predicted octanol–water partition coefficient (Wildman–Crippen LogP) is 3.71. The molecule has 0 saturated heterocycles. The van der Waals surface area contributed by atoms with Crippen molar-refractivity contribution in [2.75, 3.05) is 18.5 Å². The van der Waals surface area contributed by atoms with Gasteiger partial charge in [0.05, 0.1) is 6.42 Å². The van der Waals surface area contributed by atoms with Gasteiger partial charge in [0.2, 0.25) is 5.91 Å². The molecule has 2 amide bonds. The van der Waals surface area contributed by atoms with Crippen molar-refractivity contribution < 1.29 is 9.59 Å². The molecule has 1 aliphatic heterocycles. The van der Waals surface area contributed by atoms with Crippen LogP contribution in [0.2, 0.25) is 0 Å². The van der Waals surface area contributed by atoms with Crippen molar-refractivity contribution in [1.82, 2.24) is 14.9 Å². The SMILES string of the molecule is Cc1ccc(CCNC(=O)c2c(N(C)C(=O)Cc3ccccc3)nc3n2CCCC3)cc1. The van der Waals surface area contributed by atoms with Crippen LogP contribution < -0.4 is 10.2 Å². The van der Waals surface area contributed by atoms with Crippen molar-refractivity contribution in [3.05, 3.63) is 82.8 Å². The van der Waals surface area contributed by atoms with Gasteiger partial charge in [-0.1, -0.05) is 60.2 Å². The van der Waals surface area contributed by atoms with Crippen LogP contribution in [0.1, 0.15) is 45.8 Å². The quantitative estimate of drug-likeness (QED) is 0.621. The first kappa shape index (κ1) is 21.8. The Morgan fingerprint density at radius 2 is 1.78 bits per heavy atom. The van der Waals surface area contributed by atoms with Gasteiger partial charge in [0.15, 0.2) is 11.5 Å². The first-order valence-corrected chi connectivity index (χ1v) is 11.3. The Bertz CT molecular complexity index is 1090. The van der Waals surface area contributed by atoms with Crippen molar-refractivity contribution in [3.63, 3.8) is 0 Å². The molecule has 0 spiro atoms. The van der Waals surface area contributed by atoms with E-state index >= 15 is 0 Å². The minimum absolute atomic E-state index is 0.0830. The molecule has 1 aromatic heterocycles. The highest BCUT2D eigenvalue weighted by molar-refractivity contribution is 6.03. The monoisotopic (exact) mass is 430 g/mol. The number of benzene rings is 2. The van der Waals surface area contributed by atoms with E-state index in [0.29, 0.717) is 18.1 Å². The van der Waals surface area contributed by atoms with Crippen LogP contribution in [-0.4, -0.2) is 35.0 Å². The van der Waals surface area contributed by atoms with Crippen LogP contribution in [0.15, 0.2) is 54.6 Å². The lowest BCUT2D eigenvalue weighted by Gasteiger charge is -2.19. The Morgan fingerprint density at radius 1 is 1.03 bits per heavy atom. The van der Waals surface area contributed by atoms with Gasteiger partial charge in [-0.3, -0.25) is 14.5 Å². The molecule has 0 radical (unpaired) electrons. The molecule has 0 aliphatic carbocycles. The van der Waals surface area contributed by atoms with Crippen LogP contribution in [0.5, 0.6) is 0 Å². The van der Waals surface area contributed by atoms with Crippen molar-refractivity contribution in [1.29, 1.82) is 0 Å². The average Bonchev–Trinajstić information content (AvgIpc) is 3.20. The first-order valence-electron chi connectivity index (χ1n) is 11.3. The first-order chi connectivity index (χ1) is 15.5. The van der Waals surface area contributed by atoms with Crippen LogP contribution in [-0.2, 0) is 30.6 Å². The molecule has 32 heavy (non-hydrogen) atoms. The van der Waals surface area contributed by atoms with Gasteiger partial charge in [-0.25, -0.2) is 4.98 Å². The highest BCUT2D eigenvalue weighted by Crippen LogP contribution is 2.26. The molecule has 166 valence electrons. The Morgan fingerprint density at radius 3 is 2.53 bits per heavy atom. The van der Waals surface area contributed by atoms with E-state index in [1.54, 1.807) is 7.05 Å². The number of nitrogens with zero attached hydrogens (tertiary/aromatic N) is 3. The maximum Gasteiger partial charge on any atom is 0.271 e. The summed E-state index contributed by atoms with van der Waals surface area (Å²) >= 11 is 0. The number of anilines is 1. The molecule has 0 saturated carbocycles. The van der Waals surface area contributed by atoms with E-state index in [9.17, 15) is 9.59 Å². The fourth-order valence-electron chi connectivity index (χ4n) is 4.09. The van der Waals surface area contributed by atoms with Crippen LogP contribution in [0.25, 0.3) is 0 Å². The third-order valence-electron chi connectivity index (χ3n) is 5.99. The van der Waals surface area contributed by atoms with Crippen LogP contribution in [0, 0.1) is 6.92 Å². The van der Waals surface area contributed by atoms with Gasteiger partial charge in [0, 0.05) is 26.6 Å². The average molecular weight is 431 g/mol. The van der Waals surface area contributed by atoms with Crippen LogP contribution in [0.3, 0.4) is 0 Å². The number of carbonyl (C=O) groups is 2. The molecule has 2 aromatic carbocycles. The van der Waals surface area contributed by atoms with E-state index in [1.807, 2.05) is 34.9 Å². The summed E-state index contributed by atoms with van der Waals surface area (Å²) in [5.41, 5.74) is 3.84. The molecular formula is C26H30N4O2. The number of nitrogens with one attached hydrogen (secondary N) is 1. The Labute approximate surface area is 189 Å². The van der Waals surface area contributed by atoms with Crippen LogP contribution >= 0.6 is 0 Å². The molecule has 4 rings (SSSR count). The maximum absolute atomic E-state index is 13.2. The summed E-state index contributed by atoms with van der Waals surface area (Å²) in [7, 11) is 1.71. The second-order valence-corrected chi connectivity index (χ2v) is 8.42. The molecule has 2 heterocycles. The van der Waals surface area contributed by atoms with E-state index in [4.69, 9.17) is 4.98 Å². The topological polar surface area (TPSA) is 67.2 Å². The number of imidazole rings is 1. The summed E-state index contributed by atoms with van der Waals surface area (Å²) in [5, 5.41) is 3.04. The van der Waals surface area contributed by atoms with Crippen molar-refractivity contribution in [2.24, 2.45) is 0 Å². The lowest BCUT2D eigenvalue weighted by atomic mass is 10.1. The number of hydrogen-bond donors (Lipinski definition) is 1. The van der Waals surface area contributed by atoms with E-state index in [2.05, 4.69) is 36.5 Å². The van der Waals surface area contributed by atoms with Gasteiger partial charge >= 0.3 is 0 Å². The zero-order valence-electron chi connectivity index (χ0n) is 18.8. The molecular weight excluding hydrogens is 400 g/mol. The highest BCUT2D eigenvalue weighted by atomic mass is 16.2. The predicted molar refractivity (Wildman–Crippen MR) is 126 cm³/mol. The number of hydrogen-bond acceptors (Lipinski definition) is 3. The summed E-state index contributed by atoms with van der Waals surface area (Å²) in [6, 6.07) is 18.0. The lowest BCUT2D eigenvalue weighted by molar-refractivity contribution is -0.117. The maximum atomic E-state index is 13.2. The zero-order chi connectivity index (χ0) is 22.5. The summed E-state index contributed by atoms with van der Waals surface area (Å²) in [6.45, 7) is 3.35. The molecule has 0 unspecified atom stereocenters. The van der Waals surface area contributed by atoms with Crippen LogP contribution in [0.4, 0.5) is 5.82 Å². The largest absolute Gasteiger partial charge is 0.350 e. The fourth-order valence-corrected chi connectivity index (χ4v) is 4.09. The molecule has 3 aromatic rings. The van der Waals surface area contributed by atoms with Gasteiger partial charge < -0.3 is 9.88 Å². The second-order valence-electron chi connectivity index (χ2n) is 8.42. The van der Waals surface area contributed by atoms with Gasteiger partial charge in [-0.2, -0.15) is 0 Å². The van der Waals surface area contributed by atoms with E-state index in [-0.39, 0.29) is 18.2 Å². The summed E-state index contributed by atoms with van der Waals surface area (Å²) < 4.78 is 1.99. The normalized spacial score (nSPS) is 12.8. The summed E-state index contributed by atoms with van der Waals surface area (Å²) in [5.74, 6) is 1.08. The number of likely N-dealkylation sites (N-methyl/N-ethyl adjacent to an activating group) is 1. The molecule has 6 heteroatoms. The second kappa shape index (κ2) is 9.81. The lowest BCUT2D eigenvalue weighted by Crippen LogP contribution is -2.33. The Kier molecular flexibility index (Phi) is 6.69. The summed E-state index contributed by atoms with van der Waals surface area (Å²) in [4.78, 5) is 32.4. The van der Waals surface area contributed by atoms with Gasteiger partial charge in [0.1, 0.15) is 5.82 Å². The standard InChI is InChI=1S/C26H30N4O2/c1-19-11-13-20(14-12-19)15-16-27-26(32)24-25(28-22-10-6-7-17-30(22)24)29(2)23(31)18-21-8-4-3-5-9-21/h3-5,8-9,11-14H,6-7,10,15-18H2,1-2H3,(H,27,32). The number of aryl methyl sites for hydroxylation is 2. The van der Waals surface area contributed by atoms with Crippen molar-refractivity contribution in [3.8, 4) is 0 Å².